The Morgan fingerprint density at radius 2 is 2.17 bits per heavy atom. The average molecular weight is 185 g/mol. The van der Waals surface area contributed by atoms with E-state index in [9.17, 15) is 0 Å². The molecule has 1 heteroatoms. The monoisotopic (exact) mass is 184 g/mol. The normalized spacial score (nSPS) is 42.7. The van der Waals surface area contributed by atoms with E-state index in [1.165, 1.54) is 25.7 Å². The summed E-state index contributed by atoms with van der Waals surface area (Å²) in [6.45, 7) is 2.03. The van der Waals surface area contributed by atoms with E-state index in [1.54, 1.807) is 0 Å². The highest BCUT2D eigenvalue weighted by Gasteiger charge is 2.37. The summed E-state index contributed by atoms with van der Waals surface area (Å²) in [7, 11) is 0. The van der Waals surface area contributed by atoms with Gasteiger partial charge in [-0.3, -0.25) is 0 Å². The highest BCUT2D eigenvalue weighted by molar-refractivity contribution is 6.21. The maximum absolute atomic E-state index is 5.87. The van der Waals surface area contributed by atoms with Crippen LogP contribution in [0.25, 0.3) is 0 Å². The molecule has 2 fully saturated rings. The van der Waals surface area contributed by atoms with Gasteiger partial charge in [0, 0.05) is 5.38 Å². The Kier molecular flexibility index (Phi) is 2.45. The molecule has 2 rings (SSSR count). The number of alkyl halides is 1. The lowest BCUT2D eigenvalue weighted by molar-refractivity contribution is 0.394. The molecule has 68 valence electrons. The van der Waals surface area contributed by atoms with Crippen LogP contribution in [0.4, 0.5) is 0 Å². The van der Waals surface area contributed by atoms with Gasteiger partial charge in [-0.25, -0.2) is 0 Å². The van der Waals surface area contributed by atoms with Crippen molar-refractivity contribution < 1.29 is 0 Å². The van der Waals surface area contributed by atoms with Gasteiger partial charge in [0.15, 0.2) is 0 Å². The lowest BCUT2D eigenvalue weighted by atomic mass is 9.88. The van der Waals surface area contributed by atoms with Crippen LogP contribution in [0.5, 0.6) is 0 Å². The molecule has 4 unspecified atom stereocenters. The second-order valence-electron chi connectivity index (χ2n) is 4.40. The summed E-state index contributed by atoms with van der Waals surface area (Å²) >= 11 is 5.87. The summed E-state index contributed by atoms with van der Waals surface area (Å²) in [6.07, 6.45) is 10.4. The zero-order valence-electron chi connectivity index (χ0n) is 7.67. The summed E-state index contributed by atoms with van der Waals surface area (Å²) in [5.41, 5.74) is 0. The zero-order valence-corrected chi connectivity index (χ0v) is 8.43. The highest BCUT2D eigenvalue weighted by atomic mass is 35.5. The van der Waals surface area contributed by atoms with Crippen LogP contribution in [0.1, 0.15) is 32.6 Å². The Balaban J connectivity index is 1.90. The van der Waals surface area contributed by atoms with Crippen molar-refractivity contribution in [2.24, 2.45) is 17.8 Å². The minimum atomic E-state index is 0.212. The predicted molar refractivity (Wildman–Crippen MR) is 53.4 cm³/mol. The van der Waals surface area contributed by atoms with Crippen molar-refractivity contribution in [3.63, 3.8) is 0 Å². The SMILES string of the molecule is CC(Cl)/C=C/C1CC2CCC1C2. The Bertz CT molecular complexity index is 183. The lowest BCUT2D eigenvalue weighted by Gasteiger charge is -2.17. The first-order valence-corrected chi connectivity index (χ1v) is 5.51. The molecule has 12 heavy (non-hydrogen) atoms. The fourth-order valence-electron chi connectivity index (χ4n) is 2.83. The summed E-state index contributed by atoms with van der Waals surface area (Å²) < 4.78 is 0. The van der Waals surface area contributed by atoms with Crippen molar-refractivity contribution in [3.8, 4) is 0 Å². The lowest BCUT2D eigenvalue weighted by Crippen LogP contribution is -2.07. The van der Waals surface area contributed by atoms with E-state index < -0.39 is 0 Å². The average Bonchev–Trinajstić information content (AvgIpc) is 2.60. The topological polar surface area (TPSA) is 0 Å². The number of hydrogen-bond donors (Lipinski definition) is 0. The molecule has 2 aliphatic carbocycles. The second-order valence-corrected chi connectivity index (χ2v) is 5.09. The van der Waals surface area contributed by atoms with Crippen LogP contribution < -0.4 is 0 Å². The van der Waals surface area contributed by atoms with E-state index in [0.717, 1.165) is 17.8 Å². The molecule has 4 atom stereocenters. The maximum atomic E-state index is 5.87. The van der Waals surface area contributed by atoms with Crippen molar-refractivity contribution >= 4 is 11.6 Å². The quantitative estimate of drug-likeness (QED) is 0.455. The van der Waals surface area contributed by atoms with E-state index >= 15 is 0 Å². The van der Waals surface area contributed by atoms with Crippen LogP contribution in [0.15, 0.2) is 12.2 Å². The fraction of sp³-hybridized carbons (Fsp3) is 0.818. The van der Waals surface area contributed by atoms with Gasteiger partial charge in [0.2, 0.25) is 0 Å². The number of allylic oxidation sites excluding steroid dienone is 2. The van der Waals surface area contributed by atoms with Crippen molar-refractivity contribution in [1.29, 1.82) is 0 Å². The standard InChI is InChI=1S/C11H17Cl/c1-8(12)2-4-10-6-9-3-5-11(10)7-9/h2,4,8-11H,3,5-7H2,1H3/b4-2+. The Hall–Kier alpha value is 0.0300. The van der Waals surface area contributed by atoms with E-state index in [0.29, 0.717) is 0 Å². The van der Waals surface area contributed by atoms with Crippen molar-refractivity contribution in [2.45, 2.75) is 38.0 Å². The summed E-state index contributed by atoms with van der Waals surface area (Å²) in [5, 5.41) is 0.212. The second kappa shape index (κ2) is 3.41. The summed E-state index contributed by atoms with van der Waals surface area (Å²) in [4.78, 5) is 0. The number of fused-ring (bicyclic) bond motifs is 2. The Morgan fingerprint density at radius 1 is 1.33 bits per heavy atom. The zero-order chi connectivity index (χ0) is 8.55. The minimum absolute atomic E-state index is 0.212. The molecule has 2 aliphatic rings. The van der Waals surface area contributed by atoms with E-state index in [4.69, 9.17) is 11.6 Å². The third-order valence-electron chi connectivity index (χ3n) is 3.42. The predicted octanol–water partition coefficient (Wildman–Crippen LogP) is 3.61. The van der Waals surface area contributed by atoms with E-state index in [2.05, 4.69) is 12.2 Å². The van der Waals surface area contributed by atoms with Gasteiger partial charge in [0.1, 0.15) is 0 Å². The van der Waals surface area contributed by atoms with Gasteiger partial charge >= 0.3 is 0 Å². The summed E-state index contributed by atoms with van der Waals surface area (Å²) in [5.74, 6) is 2.92. The molecule has 0 saturated heterocycles. The molecule has 2 bridgehead atoms. The molecule has 0 heterocycles. The molecular weight excluding hydrogens is 168 g/mol. The van der Waals surface area contributed by atoms with Crippen LogP contribution in [-0.4, -0.2) is 5.38 Å². The van der Waals surface area contributed by atoms with Crippen molar-refractivity contribution in [1.82, 2.24) is 0 Å². The first kappa shape index (κ1) is 8.62. The molecule has 0 aromatic rings. The van der Waals surface area contributed by atoms with Crippen LogP contribution in [0.3, 0.4) is 0 Å². The van der Waals surface area contributed by atoms with Crippen LogP contribution >= 0.6 is 11.6 Å². The molecule has 0 aliphatic heterocycles. The van der Waals surface area contributed by atoms with Gasteiger partial charge in [-0.1, -0.05) is 18.6 Å². The molecule has 0 amide bonds. The van der Waals surface area contributed by atoms with Crippen molar-refractivity contribution in [3.05, 3.63) is 12.2 Å². The molecule has 0 N–H and O–H groups in total. The van der Waals surface area contributed by atoms with Crippen LogP contribution in [0.2, 0.25) is 0 Å². The first-order valence-electron chi connectivity index (χ1n) is 5.08. The minimum Gasteiger partial charge on any atom is -0.119 e. The van der Waals surface area contributed by atoms with Gasteiger partial charge in [-0.05, 0) is 43.9 Å². The van der Waals surface area contributed by atoms with Gasteiger partial charge in [-0.15, -0.1) is 11.6 Å². The largest absolute Gasteiger partial charge is 0.119 e. The van der Waals surface area contributed by atoms with E-state index in [1.807, 2.05) is 6.92 Å². The van der Waals surface area contributed by atoms with Gasteiger partial charge in [0.05, 0.1) is 0 Å². The van der Waals surface area contributed by atoms with Gasteiger partial charge < -0.3 is 0 Å². The fourth-order valence-corrected chi connectivity index (χ4v) is 2.91. The molecule has 0 radical (unpaired) electrons. The molecule has 2 saturated carbocycles. The smallest absolute Gasteiger partial charge is 0.0487 e. The van der Waals surface area contributed by atoms with Crippen molar-refractivity contribution in [2.75, 3.05) is 0 Å². The van der Waals surface area contributed by atoms with E-state index in [-0.39, 0.29) is 5.38 Å². The number of hydrogen-bond acceptors (Lipinski definition) is 0. The highest BCUT2D eigenvalue weighted by Crippen LogP contribution is 2.48. The summed E-state index contributed by atoms with van der Waals surface area (Å²) in [6, 6.07) is 0. The molecule has 0 aromatic heterocycles. The molecule has 0 nitrogen and oxygen atoms in total. The van der Waals surface area contributed by atoms with Crippen LogP contribution in [0, 0.1) is 17.8 Å². The number of halogens is 1. The number of rotatable bonds is 2. The molecule has 0 aromatic carbocycles. The maximum Gasteiger partial charge on any atom is 0.0487 e. The van der Waals surface area contributed by atoms with Gasteiger partial charge in [-0.2, -0.15) is 0 Å². The Labute approximate surface area is 80.0 Å². The molecule has 0 spiro atoms. The van der Waals surface area contributed by atoms with Crippen LogP contribution in [-0.2, 0) is 0 Å². The molecular formula is C11H17Cl. The third kappa shape index (κ3) is 1.69. The van der Waals surface area contributed by atoms with Gasteiger partial charge in [0.25, 0.3) is 0 Å². The third-order valence-corrected chi connectivity index (χ3v) is 3.56. The first-order chi connectivity index (χ1) is 5.75. The Morgan fingerprint density at radius 3 is 2.67 bits per heavy atom.